The van der Waals surface area contributed by atoms with E-state index in [9.17, 15) is 15.0 Å². The van der Waals surface area contributed by atoms with Crippen LogP contribution >= 0.6 is 0 Å². The Balaban J connectivity index is 2.02. The molecular formula is C18H22O3. The summed E-state index contributed by atoms with van der Waals surface area (Å²) >= 11 is 0. The number of hydrogen-bond donors (Lipinski definition) is 2. The van der Waals surface area contributed by atoms with Crippen molar-refractivity contribution in [1.82, 2.24) is 0 Å². The monoisotopic (exact) mass is 286 g/mol. The summed E-state index contributed by atoms with van der Waals surface area (Å²) in [6.45, 7) is 3.84. The van der Waals surface area contributed by atoms with Crippen molar-refractivity contribution in [3.05, 3.63) is 41.5 Å². The Hall–Kier alpha value is -1.45. The molecule has 2 aliphatic rings. The van der Waals surface area contributed by atoms with E-state index >= 15 is 0 Å². The lowest BCUT2D eigenvalue weighted by atomic mass is 9.69. The van der Waals surface area contributed by atoms with Gasteiger partial charge in [0.1, 0.15) is 11.4 Å². The summed E-state index contributed by atoms with van der Waals surface area (Å²) in [7, 11) is 0. The normalized spacial score (nSPS) is 36.1. The van der Waals surface area contributed by atoms with Crippen LogP contribution in [0.1, 0.15) is 43.7 Å². The predicted molar refractivity (Wildman–Crippen MR) is 81.7 cm³/mol. The molecule has 1 aromatic carbocycles. The fraction of sp³-hybridized carbons (Fsp3) is 0.500. The molecule has 0 radical (unpaired) electrons. The number of benzene rings is 1. The number of Topliss-reactive ketones (excluding diaryl/α,β-unsaturated/α-hetero) is 1. The van der Waals surface area contributed by atoms with Crippen LogP contribution in [-0.2, 0) is 4.79 Å². The second-order valence-corrected chi connectivity index (χ2v) is 6.70. The van der Waals surface area contributed by atoms with Gasteiger partial charge in [-0.2, -0.15) is 0 Å². The number of fused-ring (bicyclic) bond motifs is 1. The van der Waals surface area contributed by atoms with Gasteiger partial charge in [-0.25, -0.2) is 0 Å². The van der Waals surface area contributed by atoms with Crippen LogP contribution in [0.25, 0.3) is 5.57 Å². The highest BCUT2D eigenvalue weighted by atomic mass is 16.3. The van der Waals surface area contributed by atoms with Crippen LogP contribution in [0.15, 0.2) is 30.3 Å². The van der Waals surface area contributed by atoms with Crippen molar-refractivity contribution >= 4 is 11.4 Å². The third-order valence-electron chi connectivity index (χ3n) is 5.41. The molecule has 3 nitrogen and oxygen atoms in total. The highest BCUT2D eigenvalue weighted by Gasteiger charge is 2.60. The number of carbonyl (C=O) groups is 1. The molecule has 0 saturated heterocycles. The molecule has 0 aliphatic heterocycles. The fourth-order valence-corrected chi connectivity index (χ4v) is 3.77. The van der Waals surface area contributed by atoms with Crippen molar-refractivity contribution in [3.63, 3.8) is 0 Å². The van der Waals surface area contributed by atoms with E-state index in [0.29, 0.717) is 25.7 Å². The first-order chi connectivity index (χ1) is 9.87. The molecule has 1 aromatic rings. The molecule has 0 aromatic heterocycles. The Morgan fingerprint density at radius 1 is 1.24 bits per heavy atom. The molecule has 21 heavy (non-hydrogen) atoms. The maximum Gasteiger partial charge on any atom is 0.142 e. The van der Waals surface area contributed by atoms with Crippen molar-refractivity contribution in [2.75, 3.05) is 0 Å². The van der Waals surface area contributed by atoms with Gasteiger partial charge < -0.3 is 10.2 Å². The third kappa shape index (κ3) is 2.07. The Morgan fingerprint density at radius 3 is 2.57 bits per heavy atom. The van der Waals surface area contributed by atoms with Crippen molar-refractivity contribution in [1.29, 1.82) is 0 Å². The van der Waals surface area contributed by atoms with E-state index in [4.69, 9.17) is 0 Å². The smallest absolute Gasteiger partial charge is 0.142 e. The van der Waals surface area contributed by atoms with Gasteiger partial charge in [0.25, 0.3) is 0 Å². The number of aliphatic hydroxyl groups is 2. The van der Waals surface area contributed by atoms with Gasteiger partial charge in [0.15, 0.2) is 0 Å². The summed E-state index contributed by atoms with van der Waals surface area (Å²) in [5.41, 5.74) is 1.11. The first-order valence-electron chi connectivity index (χ1n) is 7.57. The molecule has 0 amide bonds. The molecule has 0 spiro atoms. The van der Waals surface area contributed by atoms with E-state index in [2.05, 4.69) is 0 Å². The minimum Gasteiger partial charge on any atom is -0.390 e. The summed E-state index contributed by atoms with van der Waals surface area (Å²) < 4.78 is 0. The van der Waals surface area contributed by atoms with Crippen LogP contribution in [0, 0.1) is 12.3 Å². The molecule has 2 N–H and O–H groups in total. The van der Waals surface area contributed by atoms with E-state index in [0.717, 1.165) is 11.1 Å². The van der Waals surface area contributed by atoms with Crippen LogP contribution < -0.4 is 0 Å². The first kappa shape index (κ1) is 14.5. The lowest BCUT2D eigenvalue weighted by molar-refractivity contribution is -0.151. The van der Waals surface area contributed by atoms with Gasteiger partial charge in [-0.05, 0) is 44.2 Å². The molecule has 112 valence electrons. The maximum atomic E-state index is 12.4. The Labute approximate surface area is 125 Å². The Bertz CT molecular complexity index is 601. The highest BCUT2D eigenvalue weighted by molar-refractivity contribution is 5.91. The van der Waals surface area contributed by atoms with Crippen LogP contribution in [-0.4, -0.2) is 27.7 Å². The van der Waals surface area contributed by atoms with Gasteiger partial charge in [0.2, 0.25) is 0 Å². The van der Waals surface area contributed by atoms with Gasteiger partial charge in [-0.3, -0.25) is 4.79 Å². The van der Waals surface area contributed by atoms with E-state index in [1.807, 2.05) is 37.3 Å². The molecule has 0 unspecified atom stereocenters. The topological polar surface area (TPSA) is 57.5 Å². The number of hydrogen-bond acceptors (Lipinski definition) is 3. The van der Waals surface area contributed by atoms with Crippen LogP contribution in [0.2, 0.25) is 0 Å². The second kappa shape index (κ2) is 4.79. The van der Waals surface area contributed by atoms with Crippen molar-refractivity contribution in [2.45, 2.75) is 51.2 Å². The fourth-order valence-electron chi connectivity index (χ4n) is 3.77. The lowest BCUT2D eigenvalue weighted by Crippen LogP contribution is -2.53. The third-order valence-corrected chi connectivity index (χ3v) is 5.41. The summed E-state index contributed by atoms with van der Waals surface area (Å²) in [5.74, 6) is 0.0592. The zero-order valence-corrected chi connectivity index (χ0v) is 12.6. The molecular weight excluding hydrogens is 264 g/mol. The first-order valence-corrected chi connectivity index (χ1v) is 7.57. The minimum absolute atomic E-state index is 0.0592. The number of aliphatic hydroxyl groups excluding tert-OH is 1. The largest absolute Gasteiger partial charge is 0.390 e. The molecule has 0 heterocycles. The van der Waals surface area contributed by atoms with Crippen molar-refractivity contribution in [3.8, 4) is 0 Å². The highest BCUT2D eigenvalue weighted by Crippen LogP contribution is 2.53. The molecule has 0 bridgehead atoms. The number of rotatable bonds is 1. The number of aryl methyl sites for hydroxylation is 1. The predicted octanol–water partition coefficient (Wildman–Crippen LogP) is 2.63. The van der Waals surface area contributed by atoms with Gasteiger partial charge in [0, 0.05) is 6.42 Å². The average molecular weight is 286 g/mol. The maximum absolute atomic E-state index is 12.4. The Morgan fingerprint density at radius 2 is 1.90 bits per heavy atom. The summed E-state index contributed by atoms with van der Waals surface area (Å²) in [4.78, 5) is 12.4. The lowest BCUT2D eigenvalue weighted by Gasteiger charge is -2.40. The standard InChI is InChI=1S/C18H22O3/c1-12-3-5-13(6-4-12)14-7-8-16(20)18(21)10-9-15(19)17(18,2)11-14/h3-7,16,20-21H,8-11H2,1-2H3/t16-,17-,18-/m1/s1. The quantitative estimate of drug-likeness (QED) is 0.834. The van der Waals surface area contributed by atoms with E-state index in [1.54, 1.807) is 6.92 Å². The van der Waals surface area contributed by atoms with Crippen LogP contribution in [0.4, 0.5) is 0 Å². The zero-order chi connectivity index (χ0) is 15.3. The Kier molecular flexibility index (Phi) is 3.30. The molecule has 3 heteroatoms. The van der Waals surface area contributed by atoms with Gasteiger partial charge in [-0.1, -0.05) is 35.9 Å². The molecule has 3 rings (SSSR count). The van der Waals surface area contributed by atoms with Crippen LogP contribution in [0.3, 0.4) is 0 Å². The average Bonchev–Trinajstić information content (AvgIpc) is 2.63. The number of carbonyl (C=O) groups excluding carboxylic acids is 1. The zero-order valence-electron chi connectivity index (χ0n) is 12.6. The number of allylic oxidation sites excluding steroid dienone is 1. The van der Waals surface area contributed by atoms with Gasteiger partial charge in [-0.15, -0.1) is 0 Å². The molecule has 2 aliphatic carbocycles. The SMILES string of the molecule is Cc1ccc(C2=CC[C@@H](O)[C@]3(O)CCC(=O)[C@@]3(C)C2)cc1. The van der Waals surface area contributed by atoms with E-state index < -0.39 is 17.1 Å². The minimum atomic E-state index is -1.30. The van der Waals surface area contributed by atoms with Crippen molar-refractivity contribution < 1.29 is 15.0 Å². The second-order valence-electron chi connectivity index (χ2n) is 6.70. The van der Waals surface area contributed by atoms with E-state index in [-0.39, 0.29) is 5.78 Å². The summed E-state index contributed by atoms with van der Waals surface area (Å²) in [6.07, 6.45) is 2.69. The summed E-state index contributed by atoms with van der Waals surface area (Å²) in [5, 5.41) is 21.3. The molecule has 1 fully saturated rings. The van der Waals surface area contributed by atoms with Gasteiger partial charge >= 0.3 is 0 Å². The summed E-state index contributed by atoms with van der Waals surface area (Å²) in [6, 6.07) is 8.17. The molecule has 1 saturated carbocycles. The van der Waals surface area contributed by atoms with Crippen molar-refractivity contribution in [2.24, 2.45) is 5.41 Å². The van der Waals surface area contributed by atoms with Crippen LogP contribution in [0.5, 0.6) is 0 Å². The molecule has 3 atom stereocenters. The number of ketones is 1. The van der Waals surface area contributed by atoms with Gasteiger partial charge in [0.05, 0.1) is 11.5 Å². The van der Waals surface area contributed by atoms with E-state index in [1.165, 1.54) is 5.56 Å².